The van der Waals surface area contributed by atoms with Crippen molar-refractivity contribution >= 4 is 5.91 Å². The Labute approximate surface area is 124 Å². The van der Waals surface area contributed by atoms with Crippen molar-refractivity contribution < 1.29 is 18.7 Å². The van der Waals surface area contributed by atoms with Crippen molar-refractivity contribution in [1.29, 1.82) is 0 Å². The van der Waals surface area contributed by atoms with Crippen molar-refractivity contribution in [2.45, 2.75) is 18.6 Å². The number of carbonyl (C=O) groups is 1. The van der Waals surface area contributed by atoms with E-state index in [4.69, 9.17) is 13.9 Å². The summed E-state index contributed by atoms with van der Waals surface area (Å²) >= 11 is 0. The van der Waals surface area contributed by atoms with Gasteiger partial charge < -0.3 is 18.8 Å². The van der Waals surface area contributed by atoms with Crippen LogP contribution in [-0.4, -0.2) is 74.4 Å². The standard InChI is InChI=1S/C15H22N2O4/c1-19-9-6-16-7-10-21-13-4-5-17(11-12(13)16)15(18)14-3-2-8-20-14/h2-3,8,12-13H,4-7,9-11H2,1H3/t12-,13-/m0/s1. The van der Waals surface area contributed by atoms with Gasteiger partial charge >= 0.3 is 0 Å². The number of piperidine rings is 1. The molecule has 2 atom stereocenters. The Hall–Kier alpha value is -1.37. The van der Waals surface area contributed by atoms with Crippen LogP contribution in [0.2, 0.25) is 0 Å². The number of nitrogens with zero attached hydrogens (tertiary/aromatic N) is 2. The van der Waals surface area contributed by atoms with Crippen molar-refractivity contribution in [3.63, 3.8) is 0 Å². The lowest BCUT2D eigenvalue weighted by molar-refractivity contribution is -0.102. The van der Waals surface area contributed by atoms with E-state index in [1.165, 1.54) is 6.26 Å². The van der Waals surface area contributed by atoms with Gasteiger partial charge in [0.2, 0.25) is 0 Å². The van der Waals surface area contributed by atoms with Gasteiger partial charge in [-0.05, 0) is 18.6 Å². The Kier molecular flexibility index (Phi) is 4.57. The normalized spacial score (nSPS) is 26.6. The Morgan fingerprint density at radius 3 is 3.14 bits per heavy atom. The first kappa shape index (κ1) is 14.6. The third-order valence-corrected chi connectivity index (χ3v) is 4.30. The summed E-state index contributed by atoms with van der Waals surface area (Å²) in [6.07, 6.45) is 2.63. The van der Waals surface area contributed by atoms with Crippen LogP contribution in [0, 0.1) is 0 Å². The van der Waals surface area contributed by atoms with Gasteiger partial charge in [0, 0.05) is 33.3 Å². The molecular formula is C15H22N2O4. The van der Waals surface area contributed by atoms with Gasteiger partial charge in [-0.25, -0.2) is 0 Å². The van der Waals surface area contributed by atoms with Crippen molar-refractivity contribution in [3.05, 3.63) is 24.2 Å². The Morgan fingerprint density at radius 1 is 1.48 bits per heavy atom. The van der Waals surface area contributed by atoms with E-state index in [2.05, 4.69) is 4.90 Å². The van der Waals surface area contributed by atoms with Crippen LogP contribution in [0.3, 0.4) is 0 Å². The molecule has 116 valence electrons. The third kappa shape index (κ3) is 3.12. The summed E-state index contributed by atoms with van der Waals surface area (Å²) in [6, 6.07) is 3.71. The fourth-order valence-corrected chi connectivity index (χ4v) is 3.17. The minimum absolute atomic E-state index is 0.0317. The second kappa shape index (κ2) is 6.60. The number of carbonyl (C=O) groups excluding carboxylic acids is 1. The number of ether oxygens (including phenoxy) is 2. The summed E-state index contributed by atoms with van der Waals surface area (Å²) in [7, 11) is 1.71. The molecule has 2 saturated heterocycles. The molecule has 0 aromatic carbocycles. The zero-order valence-electron chi connectivity index (χ0n) is 12.4. The molecule has 2 aliphatic heterocycles. The molecule has 21 heavy (non-hydrogen) atoms. The van der Waals surface area contributed by atoms with Crippen molar-refractivity contribution in [2.24, 2.45) is 0 Å². The minimum Gasteiger partial charge on any atom is -0.459 e. The van der Waals surface area contributed by atoms with E-state index in [1.807, 2.05) is 4.90 Å². The molecule has 6 nitrogen and oxygen atoms in total. The minimum atomic E-state index is -0.0317. The highest BCUT2D eigenvalue weighted by Gasteiger charge is 2.38. The molecule has 1 aromatic rings. The van der Waals surface area contributed by atoms with E-state index >= 15 is 0 Å². The lowest BCUT2D eigenvalue weighted by Crippen LogP contribution is -2.61. The summed E-state index contributed by atoms with van der Waals surface area (Å²) < 4.78 is 16.3. The molecule has 3 rings (SSSR count). The smallest absolute Gasteiger partial charge is 0.289 e. The number of methoxy groups -OCH3 is 1. The number of hydrogen-bond donors (Lipinski definition) is 0. The van der Waals surface area contributed by atoms with Gasteiger partial charge in [-0.2, -0.15) is 0 Å². The van der Waals surface area contributed by atoms with Crippen LogP contribution < -0.4 is 0 Å². The molecular weight excluding hydrogens is 272 g/mol. The topological polar surface area (TPSA) is 55.2 Å². The number of furan rings is 1. The fourth-order valence-electron chi connectivity index (χ4n) is 3.17. The molecule has 0 unspecified atom stereocenters. The fraction of sp³-hybridized carbons (Fsp3) is 0.667. The molecule has 2 fully saturated rings. The van der Waals surface area contributed by atoms with Crippen molar-refractivity contribution in [1.82, 2.24) is 9.80 Å². The number of amides is 1. The number of rotatable bonds is 4. The maximum absolute atomic E-state index is 12.4. The van der Waals surface area contributed by atoms with Crippen LogP contribution >= 0.6 is 0 Å². The molecule has 0 radical (unpaired) electrons. The van der Waals surface area contributed by atoms with Crippen molar-refractivity contribution in [2.75, 3.05) is 46.5 Å². The van der Waals surface area contributed by atoms with Gasteiger partial charge in [0.1, 0.15) is 0 Å². The molecule has 0 N–H and O–H groups in total. The molecule has 1 aromatic heterocycles. The van der Waals surface area contributed by atoms with Crippen LogP contribution in [0.25, 0.3) is 0 Å². The van der Waals surface area contributed by atoms with Crippen LogP contribution in [0.5, 0.6) is 0 Å². The Bertz CT molecular complexity index is 462. The van der Waals surface area contributed by atoms with E-state index in [0.29, 0.717) is 18.9 Å². The molecule has 0 bridgehead atoms. The molecule has 6 heteroatoms. The van der Waals surface area contributed by atoms with E-state index in [-0.39, 0.29) is 18.1 Å². The molecule has 0 spiro atoms. The summed E-state index contributed by atoms with van der Waals surface area (Å²) in [6.45, 7) is 4.65. The molecule has 2 aliphatic rings. The van der Waals surface area contributed by atoms with Gasteiger partial charge in [0.05, 0.1) is 31.6 Å². The van der Waals surface area contributed by atoms with Gasteiger partial charge in [-0.15, -0.1) is 0 Å². The zero-order chi connectivity index (χ0) is 14.7. The number of fused-ring (bicyclic) bond motifs is 1. The van der Waals surface area contributed by atoms with Crippen molar-refractivity contribution in [3.8, 4) is 0 Å². The average molecular weight is 294 g/mol. The lowest BCUT2D eigenvalue weighted by atomic mass is 9.98. The predicted molar refractivity (Wildman–Crippen MR) is 76.2 cm³/mol. The highest BCUT2D eigenvalue weighted by atomic mass is 16.5. The number of morpholine rings is 1. The first-order chi connectivity index (χ1) is 10.3. The Morgan fingerprint density at radius 2 is 2.38 bits per heavy atom. The summed E-state index contributed by atoms with van der Waals surface area (Å²) in [5, 5.41) is 0. The van der Waals surface area contributed by atoms with E-state index in [1.54, 1.807) is 19.2 Å². The lowest BCUT2D eigenvalue weighted by Gasteiger charge is -2.46. The highest BCUT2D eigenvalue weighted by Crippen LogP contribution is 2.24. The zero-order valence-corrected chi connectivity index (χ0v) is 12.4. The SMILES string of the molecule is COCCN1CCO[C@H]2CCN(C(=O)c3ccco3)C[C@@H]21. The maximum atomic E-state index is 12.4. The molecule has 0 aliphatic carbocycles. The first-order valence-electron chi connectivity index (χ1n) is 7.47. The largest absolute Gasteiger partial charge is 0.459 e. The second-order valence-corrected chi connectivity index (χ2v) is 5.52. The van der Waals surface area contributed by atoms with Gasteiger partial charge in [0.25, 0.3) is 5.91 Å². The van der Waals surface area contributed by atoms with E-state index in [9.17, 15) is 4.79 Å². The van der Waals surface area contributed by atoms with Gasteiger partial charge in [-0.3, -0.25) is 9.69 Å². The van der Waals surface area contributed by atoms with Gasteiger partial charge in [0.15, 0.2) is 5.76 Å². The monoisotopic (exact) mass is 294 g/mol. The number of hydrogen-bond acceptors (Lipinski definition) is 5. The van der Waals surface area contributed by atoms with Crippen LogP contribution in [0.15, 0.2) is 22.8 Å². The van der Waals surface area contributed by atoms with Crippen LogP contribution in [0.1, 0.15) is 17.0 Å². The Balaban J connectivity index is 1.66. The van der Waals surface area contributed by atoms with Gasteiger partial charge in [-0.1, -0.05) is 0 Å². The van der Waals surface area contributed by atoms with E-state index in [0.717, 1.165) is 32.7 Å². The molecule has 3 heterocycles. The summed E-state index contributed by atoms with van der Waals surface area (Å²) in [5.74, 6) is 0.379. The molecule has 1 amide bonds. The maximum Gasteiger partial charge on any atom is 0.289 e. The third-order valence-electron chi connectivity index (χ3n) is 4.30. The first-order valence-corrected chi connectivity index (χ1v) is 7.47. The summed E-state index contributed by atoms with van der Waals surface area (Å²) in [4.78, 5) is 16.6. The quantitative estimate of drug-likeness (QED) is 0.824. The average Bonchev–Trinajstić information content (AvgIpc) is 3.06. The highest BCUT2D eigenvalue weighted by molar-refractivity contribution is 5.91. The van der Waals surface area contributed by atoms with E-state index < -0.39 is 0 Å². The second-order valence-electron chi connectivity index (χ2n) is 5.52. The predicted octanol–water partition coefficient (Wildman–Crippen LogP) is 0.841. The number of likely N-dealkylation sites (tertiary alicyclic amines) is 1. The van der Waals surface area contributed by atoms with Crippen LogP contribution in [0.4, 0.5) is 0 Å². The summed E-state index contributed by atoms with van der Waals surface area (Å²) in [5.41, 5.74) is 0. The van der Waals surface area contributed by atoms with Crippen LogP contribution in [-0.2, 0) is 9.47 Å². The molecule has 0 saturated carbocycles.